The van der Waals surface area contributed by atoms with E-state index >= 15 is 0 Å². The molecule has 0 spiro atoms. The highest BCUT2D eigenvalue weighted by Crippen LogP contribution is 2.31. The molecule has 4 heteroatoms. The maximum atomic E-state index is 5.50. The van der Waals surface area contributed by atoms with Crippen molar-refractivity contribution in [1.29, 1.82) is 0 Å². The maximum absolute atomic E-state index is 5.50. The van der Waals surface area contributed by atoms with Gasteiger partial charge in [0.05, 0.1) is 33.1 Å². The summed E-state index contributed by atoms with van der Waals surface area (Å²) in [6.45, 7) is 0. The van der Waals surface area contributed by atoms with Crippen LogP contribution in [-0.2, 0) is 0 Å². The summed E-state index contributed by atoms with van der Waals surface area (Å²) in [5.74, 6) is 2.64. The molecular weight excluding hydrogens is 296 g/mol. The Balaban J connectivity index is 2.10. The van der Waals surface area contributed by atoms with E-state index in [4.69, 9.17) is 16.4 Å². The van der Waals surface area contributed by atoms with Crippen LogP contribution in [0.3, 0.4) is 0 Å². The number of terminal acetylenes is 1. The van der Waals surface area contributed by atoms with Crippen LogP contribution in [0.1, 0.15) is 5.56 Å². The minimum absolute atomic E-state index is 0.784. The van der Waals surface area contributed by atoms with Gasteiger partial charge in [0.15, 0.2) is 0 Å². The Labute approximate surface area is 137 Å². The van der Waals surface area contributed by atoms with E-state index in [1.54, 1.807) is 12.4 Å². The Hall–Kier alpha value is -3.58. The molecule has 4 nitrogen and oxygen atoms in total. The molecule has 0 bridgehead atoms. The molecule has 24 heavy (non-hydrogen) atoms. The quantitative estimate of drug-likeness (QED) is 0.248. The predicted octanol–water partition coefficient (Wildman–Crippen LogP) is 3.86. The molecule has 0 radical (unpaired) electrons. The van der Waals surface area contributed by atoms with Crippen LogP contribution in [-0.4, -0.2) is 19.9 Å². The number of rotatable bonds is 0. The third-order valence-corrected chi connectivity index (χ3v) is 4.18. The van der Waals surface area contributed by atoms with E-state index in [0.717, 1.165) is 49.4 Å². The van der Waals surface area contributed by atoms with E-state index in [9.17, 15) is 0 Å². The van der Waals surface area contributed by atoms with Gasteiger partial charge in [-0.1, -0.05) is 5.92 Å². The lowest BCUT2D eigenvalue weighted by Crippen LogP contribution is -1.94. The first kappa shape index (κ1) is 12.9. The number of hydrogen-bond donors (Lipinski definition) is 0. The first-order chi connectivity index (χ1) is 11.8. The Morgan fingerprint density at radius 2 is 1.33 bits per heavy atom. The molecule has 0 saturated carbocycles. The second-order valence-electron chi connectivity index (χ2n) is 5.57. The fraction of sp³-hybridized carbons (Fsp3) is 0. The zero-order valence-corrected chi connectivity index (χ0v) is 12.6. The Bertz CT molecular complexity index is 1320. The van der Waals surface area contributed by atoms with Crippen LogP contribution in [0.4, 0.5) is 0 Å². The average Bonchev–Trinajstić information content (AvgIpc) is 2.66. The van der Waals surface area contributed by atoms with E-state index < -0.39 is 0 Å². The highest BCUT2D eigenvalue weighted by molar-refractivity contribution is 6.21. The molecule has 0 aliphatic rings. The summed E-state index contributed by atoms with van der Waals surface area (Å²) in [6, 6.07) is 13.5. The maximum Gasteiger partial charge on any atom is 0.0996 e. The third-order valence-electron chi connectivity index (χ3n) is 4.18. The van der Waals surface area contributed by atoms with Crippen molar-refractivity contribution in [2.75, 3.05) is 0 Å². The lowest BCUT2D eigenvalue weighted by molar-refractivity contribution is 1.36. The van der Waals surface area contributed by atoms with Gasteiger partial charge in [0.25, 0.3) is 0 Å². The third kappa shape index (κ3) is 1.70. The minimum Gasteiger partial charge on any atom is -0.254 e. The molecule has 5 rings (SSSR count). The minimum atomic E-state index is 0.784. The van der Waals surface area contributed by atoms with E-state index in [1.807, 2.05) is 42.5 Å². The molecule has 0 fully saturated rings. The van der Waals surface area contributed by atoms with E-state index in [0.29, 0.717) is 0 Å². The van der Waals surface area contributed by atoms with Gasteiger partial charge in [-0.15, -0.1) is 6.42 Å². The van der Waals surface area contributed by atoms with Crippen LogP contribution in [0.25, 0.3) is 43.9 Å². The van der Waals surface area contributed by atoms with Crippen LogP contribution < -0.4 is 0 Å². The van der Waals surface area contributed by atoms with Crippen molar-refractivity contribution in [1.82, 2.24) is 19.9 Å². The van der Waals surface area contributed by atoms with Gasteiger partial charge < -0.3 is 0 Å². The smallest absolute Gasteiger partial charge is 0.0996 e. The van der Waals surface area contributed by atoms with Gasteiger partial charge in [-0.25, -0.2) is 9.97 Å². The molecule has 3 heterocycles. The zero-order valence-electron chi connectivity index (χ0n) is 12.6. The Morgan fingerprint density at radius 1 is 0.708 bits per heavy atom. The average molecular weight is 306 g/mol. The molecule has 5 aromatic rings. The van der Waals surface area contributed by atoms with Crippen molar-refractivity contribution in [2.45, 2.75) is 0 Å². The van der Waals surface area contributed by atoms with Crippen molar-refractivity contribution in [3.8, 4) is 12.3 Å². The second-order valence-corrected chi connectivity index (χ2v) is 5.57. The van der Waals surface area contributed by atoms with Crippen molar-refractivity contribution < 1.29 is 0 Å². The van der Waals surface area contributed by atoms with E-state index in [2.05, 4.69) is 15.9 Å². The van der Waals surface area contributed by atoms with Gasteiger partial charge >= 0.3 is 0 Å². The van der Waals surface area contributed by atoms with Crippen molar-refractivity contribution >= 4 is 43.9 Å². The first-order valence-corrected chi connectivity index (χ1v) is 7.55. The molecule has 0 atom stereocenters. The highest BCUT2D eigenvalue weighted by Gasteiger charge is 2.13. The molecular formula is C20H10N4. The predicted molar refractivity (Wildman–Crippen MR) is 95.6 cm³/mol. The van der Waals surface area contributed by atoms with Crippen LogP contribution in [0.2, 0.25) is 0 Å². The lowest BCUT2D eigenvalue weighted by Gasteiger charge is -2.08. The van der Waals surface area contributed by atoms with E-state index in [1.165, 1.54) is 0 Å². The van der Waals surface area contributed by atoms with Gasteiger partial charge in [-0.2, -0.15) is 0 Å². The molecule has 110 valence electrons. The number of benzene rings is 2. The van der Waals surface area contributed by atoms with Crippen molar-refractivity contribution in [2.24, 2.45) is 0 Å². The fourth-order valence-corrected chi connectivity index (χ4v) is 3.09. The summed E-state index contributed by atoms with van der Waals surface area (Å²) < 4.78 is 0. The zero-order chi connectivity index (χ0) is 16.1. The molecule has 2 aromatic carbocycles. The first-order valence-electron chi connectivity index (χ1n) is 7.55. The normalized spacial score (nSPS) is 11.3. The molecule has 0 aliphatic carbocycles. The second kappa shape index (κ2) is 4.71. The molecule has 0 aliphatic heterocycles. The standard InChI is InChI=1S/C20H10N4/c1-2-12-7-8-15-16(11-12)24-20-14-6-4-10-22-18(14)17-13(19(20)23-15)5-3-9-21-17/h1,3-11H. The fourth-order valence-electron chi connectivity index (χ4n) is 3.09. The highest BCUT2D eigenvalue weighted by atomic mass is 14.8. The van der Waals surface area contributed by atoms with Gasteiger partial charge in [0, 0.05) is 28.7 Å². The molecule has 3 aromatic heterocycles. The SMILES string of the molecule is C#Cc1ccc2nc3c4cccnc4c4ncccc4c3nc2c1. The van der Waals surface area contributed by atoms with Crippen molar-refractivity contribution in [3.05, 3.63) is 60.4 Å². The van der Waals surface area contributed by atoms with Gasteiger partial charge in [-0.3, -0.25) is 9.97 Å². The molecule has 0 amide bonds. The van der Waals surface area contributed by atoms with Gasteiger partial charge in [-0.05, 0) is 42.5 Å². The number of pyridine rings is 2. The molecule has 0 N–H and O–H groups in total. The van der Waals surface area contributed by atoms with Crippen molar-refractivity contribution in [3.63, 3.8) is 0 Å². The summed E-state index contributed by atoms with van der Waals surface area (Å²) in [4.78, 5) is 18.7. The van der Waals surface area contributed by atoms with Crippen LogP contribution in [0.5, 0.6) is 0 Å². The largest absolute Gasteiger partial charge is 0.254 e. The van der Waals surface area contributed by atoms with Crippen LogP contribution >= 0.6 is 0 Å². The summed E-state index contributed by atoms with van der Waals surface area (Å²) in [7, 11) is 0. The van der Waals surface area contributed by atoms with Gasteiger partial charge in [0.1, 0.15) is 0 Å². The van der Waals surface area contributed by atoms with E-state index in [-0.39, 0.29) is 0 Å². The summed E-state index contributed by atoms with van der Waals surface area (Å²) in [5, 5.41) is 1.90. The summed E-state index contributed by atoms with van der Waals surface area (Å²) in [5.41, 5.74) is 5.72. The van der Waals surface area contributed by atoms with Gasteiger partial charge in [0.2, 0.25) is 0 Å². The number of nitrogens with zero attached hydrogens (tertiary/aromatic N) is 4. The monoisotopic (exact) mass is 306 g/mol. The topological polar surface area (TPSA) is 51.6 Å². The lowest BCUT2D eigenvalue weighted by atomic mass is 10.1. The molecule has 0 unspecified atom stereocenters. The Morgan fingerprint density at radius 3 is 1.96 bits per heavy atom. The Kier molecular flexibility index (Phi) is 2.53. The number of fused-ring (bicyclic) bond motifs is 7. The van der Waals surface area contributed by atoms with Crippen LogP contribution in [0.15, 0.2) is 54.9 Å². The molecule has 0 saturated heterocycles. The summed E-state index contributed by atoms with van der Waals surface area (Å²) >= 11 is 0. The number of aromatic nitrogens is 4. The van der Waals surface area contributed by atoms with Crippen LogP contribution in [0, 0.1) is 12.3 Å². The summed E-state index contributed by atoms with van der Waals surface area (Å²) in [6.07, 6.45) is 9.05. The number of hydrogen-bond acceptors (Lipinski definition) is 4.